The molecule has 8 nitrogen and oxygen atoms in total. The van der Waals surface area contributed by atoms with E-state index in [1.165, 1.54) is 25.6 Å². The van der Waals surface area contributed by atoms with Crippen molar-refractivity contribution in [2.45, 2.75) is 6.18 Å². The van der Waals surface area contributed by atoms with Crippen LogP contribution in [0.2, 0.25) is 0 Å². The molecule has 0 unspecified atom stereocenters. The summed E-state index contributed by atoms with van der Waals surface area (Å²) in [5, 5.41) is 2.27. The van der Waals surface area contributed by atoms with Gasteiger partial charge in [-0.25, -0.2) is 14.2 Å². The number of ether oxygens (including phenoxy) is 2. The van der Waals surface area contributed by atoms with Gasteiger partial charge in [0.2, 0.25) is 5.91 Å². The van der Waals surface area contributed by atoms with Gasteiger partial charge < -0.3 is 19.8 Å². The molecule has 0 bridgehead atoms. The molecule has 0 aliphatic carbocycles. The van der Waals surface area contributed by atoms with Gasteiger partial charge in [-0.3, -0.25) is 9.78 Å². The largest absolute Gasteiger partial charge is 0.464 e. The second-order valence-corrected chi connectivity index (χ2v) is 7.70. The average molecular weight is 526 g/mol. The number of hydrogen-bond acceptors (Lipinski definition) is 6. The zero-order valence-corrected chi connectivity index (χ0v) is 19.5. The van der Waals surface area contributed by atoms with Crippen LogP contribution in [0, 0.1) is 5.82 Å². The maximum Gasteiger partial charge on any atom is 0.419 e. The molecule has 0 spiro atoms. The molecule has 4 aromatic rings. The van der Waals surface area contributed by atoms with Crippen LogP contribution >= 0.6 is 0 Å². The number of anilines is 1. The third-order valence-corrected chi connectivity index (χ3v) is 5.02. The van der Waals surface area contributed by atoms with Gasteiger partial charge in [-0.15, -0.1) is 0 Å². The molecule has 0 aliphatic heterocycles. The van der Waals surface area contributed by atoms with E-state index < -0.39 is 29.4 Å². The topological polar surface area (TPSA) is 106 Å². The Bertz CT molecular complexity index is 1520. The number of nitrogens with zero attached hydrogens (tertiary/aromatic N) is 2. The number of carbonyl (C=O) groups excluding carboxylic acids is 2. The molecule has 12 heteroatoms. The van der Waals surface area contributed by atoms with Gasteiger partial charge in [0.1, 0.15) is 28.7 Å². The first kappa shape index (κ1) is 26.1. The van der Waals surface area contributed by atoms with Gasteiger partial charge in [0, 0.05) is 24.0 Å². The van der Waals surface area contributed by atoms with Crippen molar-refractivity contribution in [2.75, 3.05) is 12.4 Å². The number of alkyl halides is 3. The molecule has 2 aromatic heterocycles. The van der Waals surface area contributed by atoms with E-state index in [2.05, 4.69) is 25.0 Å². The van der Waals surface area contributed by atoms with E-state index in [0.717, 1.165) is 12.1 Å². The standard InChI is InChI=1S/C26H18F4N4O4/c1-37-25(36)22-14-32-24(34-22)21-13-18(9-10-31-21)38-17-4-2-3-15(11-17)5-8-23(35)33-16-6-7-20(27)19(12-16)26(28,29)30/h2-14H,1H3,(H,32,34)(H,33,35). The summed E-state index contributed by atoms with van der Waals surface area (Å²) in [5.74, 6) is -1.53. The zero-order valence-electron chi connectivity index (χ0n) is 19.5. The van der Waals surface area contributed by atoms with Crippen molar-refractivity contribution in [3.05, 3.63) is 95.7 Å². The number of benzene rings is 2. The second-order valence-electron chi connectivity index (χ2n) is 7.70. The molecule has 2 aromatic carbocycles. The van der Waals surface area contributed by atoms with E-state index >= 15 is 0 Å². The third kappa shape index (κ3) is 6.40. The lowest BCUT2D eigenvalue weighted by Gasteiger charge is -2.10. The third-order valence-electron chi connectivity index (χ3n) is 5.02. The van der Waals surface area contributed by atoms with Crippen LogP contribution < -0.4 is 10.1 Å². The number of carbonyl (C=O) groups is 2. The maximum atomic E-state index is 13.4. The minimum absolute atomic E-state index is 0.166. The molecule has 2 heterocycles. The molecule has 1 amide bonds. The summed E-state index contributed by atoms with van der Waals surface area (Å²) in [5.41, 5.74) is -0.524. The van der Waals surface area contributed by atoms with Gasteiger partial charge in [-0.05, 0) is 48.0 Å². The van der Waals surface area contributed by atoms with Crippen LogP contribution in [0.3, 0.4) is 0 Å². The van der Waals surface area contributed by atoms with Crippen molar-refractivity contribution >= 4 is 23.6 Å². The predicted molar refractivity (Wildman–Crippen MR) is 129 cm³/mol. The van der Waals surface area contributed by atoms with Gasteiger partial charge in [0.05, 0.1) is 18.9 Å². The molecule has 0 fully saturated rings. The van der Waals surface area contributed by atoms with E-state index in [1.54, 1.807) is 36.4 Å². The Morgan fingerprint density at radius 2 is 1.82 bits per heavy atom. The summed E-state index contributed by atoms with van der Waals surface area (Å²) < 4.78 is 62.6. The smallest absolute Gasteiger partial charge is 0.419 e. The lowest BCUT2D eigenvalue weighted by atomic mass is 10.1. The average Bonchev–Trinajstić information content (AvgIpc) is 3.38. The van der Waals surface area contributed by atoms with Crippen molar-refractivity contribution < 1.29 is 36.6 Å². The molecule has 0 radical (unpaired) electrons. The predicted octanol–water partition coefficient (Wildman–Crippen LogP) is 5.86. The van der Waals surface area contributed by atoms with Crippen molar-refractivity contribution in [1.29, 1.82) is 0 Å². The van der Waals surface area contributed by atoms with Crippen LogP contribution in [-0.4, -0.2) is 33.9 Å². The summed E-state index contributed by atoms with van der Waals surface area (Å²) in [6, 6.07) is 12.1. The fourth-order valence-electron chi connectivity index (χ4n) is 3.26. The number of halogens is 4. The Balaban J connectivity index is 1.43. The van der Waals surface area contributed by atoms with Crippen molar-refractivity contribution in [3.8, 4) is 23.0 Å². The number of methoxy groups -OCH3 is 1. The van der Waals surface area contributed by atoms with Gasteiger partial charge >= 0.3 is 12.1 Å². The van der Waals surface area contributed by atoms with Gasteiger partial charge in [0.25, 0.3) is 0 Å². The number of hydrogen-bond donors (Lipinski definition) is 2. The maximum absolute atomic E-state index is 13.4. The summed E-state index contributed by atoms with van der Waals surface area (Å²) in [6.07, 6.45) is 0.495. The van der Waals surface area contributed by atoms with Crippen LogP contribution in [0.15, 0.2) is 73.1 Å². The number of esters is 1. The molecular formula is C26H18F4N4O4. The van der Waals surface area contributed by atoms with Crippen molar-refractivity contribution in [3.63, 3.8) is 0 Å². The summed E-state index contributed by atoms with van der Waals surface area (Å²) in [4.78, 5) is 35.0. The summed E-state index contributed by atoms with van der Waals surface area (Å²) in [7, 11) is 1.25. The molecule has 0 atom stereocenters. The molecule has 38 heavy (non-hydrogen) atoms. The van der Waals surface area contributed by atoms with E-state index in [-0.39, 0.29) is 11.4 Å². The number of pyridine rings is 1. The number of imidazole rings is 1. The minimum atomic E-state index is -4.89. The van der Waals surface area contributed by atoms with E-state index in [9.17, 15) is 27.2 Å². The summed E-state index contributed by atoms with van der Waals surface area (Å²) in [6.45, 7) is 0. The highest BCUT2D eigenvalue weighted by atomic mass is 19.4. The quantitative estimate of drug-likeness (QED) is 0.178. The monoisotopic (exact) mass is 526 g/mol. The van der Waals surface area contributed by atoms with Crippen LogP contribution in [0.1, 0.15) is 21.6 Å². The molecular weight excluding hydrogens is 508 g/mol. The normalized spacial score (nSPS) is 11.4. The van der Waals surface area contributed by atoms with E-state index in [1.807, 2.05) is 0 Å². The van der Waals surface area contributed by atoms with Crippen LogP contribution in [0.4, 0.5) is 23.2 Å². The van der Waals surface area contributed by atoms with E-state index in [4.69, 9.17) is 4.74 Å². The Morgan fingerprint density at radius 3 is 2.58 bits per heavy atom. The molecule has 0 saturated carbocycles. The molecule has 0 aliphatic rings. The molecule has 0 saturated heterocycles. The SMILES string of the molecule is COC(=O)c1cnc(-c2cc(Oc3cccc(C=CC(=O)Nc4ccc(F)c(C(F)(F)F)c4)c3)ccn2)[nH]1. The van der Waals surface area contributed by atoms with Crippen LogP contribution in [0.25, 0.3) is 17.6 Å². The Hall–Kier alpha value is -5.00. The number of aromatic nitrogens is 3. The van der Waals surface area contributed by atoms with Crippen LogP contribution in [-0.2, 0) is 15.7 Å². The van der Waals surface area contributed by atoms with Crippen molar-refractivity contribution in [2.24, 2.45) is 0 Å². The number of amides is 1. The molecule has 194 valence electrons. The Kier molecular flexibility index (Phi) is 7.51. The second kappa shape index (κ2) is 10.9. The molecule has 4 rings (SSSR count). The van der Waals surface area contributed by atoms with Gasteiger partial charge in [0.15, 0.2) is 5.82 Å². The zero-order chi connectivity index (χ0) is 27.3. The Morgan fingerprint density at radius 1 is 1.03 bits per heavy atom. The highest BCUT2D eigenvalue weighted by Gasteiger charge is 2.34. The first-order chi connectivity index (χ1) is 18.1. The highest BCUT2D eigenvalue weighted by molar-refractivity contribution is 6.02. The summed E-state index contributed by atoms with van der Waals surface area (Å²) >= 11 is 0. The van der Waals surface area contributed by atoms with Crippen LogP contribution in [0.5, 0.6) is 11.5 Å². The lowest BCUT2D eigenvalue weighted by Crippen LogP contribution is -2.12. The van der Waals surface area contributed by atoms with Gasteiger partial charge in [-0.1, -0.05) is 12.1 Å². The lowest BCUT2D eigenvalue weighted by molar-refractivity contribution is -0.140. The van der Waals surface area contributed by atoms with Gasteiger partial charge in [-0.2, -0.15) is 13.2 Å². The fourth-order valence-corrected chi connectivity index (χ4v) is 3.26. The number of aromatic amines is 1. The first-order valence-electron chi connectivity index (χ1n) is 10.9. The first-order valence-corrected chi connectivity index (χ1v) is 10.9. The van der Waals surface area contributed by atoms with Crippen molar-refractivity contribution in [1.82, 2.24) is 15.0 Å². The number of rotatable bonds is 7. The number of H-pyrrole nitrogens is 1. The molecule has 2 N–H and O–H groups in total. The fraction of sp³-hybridized carbons (Fsp3) is 0.0769. The Labute approximate surface area is 213 Å². The highest BCUT2D eigenvalue weighted by Crippen LogP contribution is 2.33. The number of nitrogens with one attached hydrogen (secondary N) is 2. The minimum Gasteiger partial charge on any atom is -0.464 e. The van der Waals surface area contributed by atoms with E-state index in [0.29, 0.717) is 40.7 Å².